The van der Waals surface area contributed by atoms with E-state index in [4.69, 9.17) is 5.26 Å². The molecule has 2 aromatic rings. The minimum atomic E-state index is 0.577. The molecule has 1 N–H and O–H groups in total. The molecule has 0 aliphatic carbocycles. The highest BCUT2D eigenvalue weighted by Crippen LogP contribution is 2.18. The molecule has 4 nitrogen and oxygen atoms in total. The molecule has 0 spiro atoms. The third kappa shape index (κ3) is 4.33. The highest BCUT2D eigenvalue weighted by molar-refractivity contribution is 5.51. The van der Waals surface area contributed by atoms with Gasteiger partial charge in [0.1, 0.15) is 11.9 Å². The SMILES string of the molecule is CC1CCN(Cc2ccc(CNc3ncccc3C#N)cc2)CC1. The summed E-state index contributed by atoms with van der Waals surface area (Å²) >= 11 is 0. The summed E-state index contributed by atoms with van der Waals surface area (Å²) in [6.45, 7) is 6.48. The molecule has 0 atom stereocenters. The van der Waals surface area contributed by atoms with Crippen LogP contribution in [0, 0.1) is 17.2 Å². The Kier molecular flexibility index (Phi) is 5.45. The Bertz CT molecular complexity index is 694. The van der Waals surface area contributed by atoms with E-state index in [2.05, 4.69) is 52.5 Å². The van der Waals surface area contributed by atoms with Crippen molar-refractivity contribution in [3.05, 3.63) is 59.3 Å². The molecule has 24 heavy (non-hydrogen) atoms. The first kappa shape index (κ1) is 16.5. The normalized spacial score (nSPS) is 15.8. The van der Waals surface area contributed by atoms with E-state index in [9.17, 15) is 0 Å². The molecule has 3 rings (SSSR count). The number of anilines is 1. The average molecular weight is 320 g/mol. The predicted molar refractivity (Wildman–Crippen MR) is 96.4 cm³/mol. The van der Waals surface area contributed by atoms with Crippen molar-refractivity contribution in [2.75, 3.05) is 18.4 Å². The second-order valence-electron chi connectivity index (χ2n) is 6.64. The van der Waals surface area contributed by atoms with Gasteiger partial charge in [-0.15, -0.1) is 0 Å². The predicted octanol–water partition coefficient (Wildman–Crippen LogP) is 3.80. The average Bonchev–Trinajstić information content (AvgIpc) is 2.63. The minimum absolute atomic E-state index is 0.577. The van der Waals surface area contributed by atoms with Gasteiger partial charge in [-0.2, -0.15) is 5.26 Å². The van der Waals surface area contributed by atoms with Crippen LogP contribution in [0.15, 0.2) is 42.6 Å². The first-order valence-corrected chi connectivity index (χ1v) is 8.64. The summed E-state index contributed by atoms with van der Waals surface area (Å²) < 4.78 is 0. The van der Waals surface area contributed by atoms with E-state index < -0.39 is 0 Å². The number of rotatable bonds is 5. The molecule has 1 aromatic heterocycles. The second-order valence-corrected chi connectivity index (χ2v) is 6.64. The van der Waals surface area contributed by atoms with Crippen LogP contribution in [0.2, 0.25) is 0 Å². The molecule has 1 aliphatic heterocycles. The summed E-state index contributed by atoms with van der Waals surface area (Å²) in [5.74, 6) is 1.52. The maximum atomic E-state index is 9.09. The Morgan fingerprint density at radius 1 is 1.17 bits per heavy atom. The number of benzene rings is 1. The van der Waals surface area contributed by atoms with E-state index in [1.807, 2.05) is 0 Å². The van der Waals surface area contributed by atoms with Crippen molar-refractivity contribution in [1.82, 2.24) is 9.88 Å². The van der Waals surface area contributed by atoms with Gasteiger partial charge in [0.05, 0.1) is 5.56 Å². The van der Waals surface area contributed by atoms with Crippen LogP contribution in [0.3, 0.4) is 0 Å². The van der Waals surface area contributed by atoms with E-state index in [-0.39, 0.29) is 0 Å². The summed E-state index contributed by atoms with van der Waals surface area (Å²) in [6.07, 6.45) is 4.33. The molecule has 1 saturated heterocycles. The Morgan fingerprint density at radius 2 is 1.88 bits per heavy atom. The summed E-state index contributed by atoms with van der Waals surface area (Å²) in [6, 6.07) is 14.4. The van der Waals surface area contributed by atoms with Crippen molar-refractivity contribution in [1.29, 1.82) is 5.26 Å². The van der Waals surface area contributed by atoms with Crippen molar-refractivity contribution >= 4 is 5.82 Å². The molecular formula is C20H24N4. The molecule has 1 fully saturated rings. The molecule has 0 radical (unpaired) electrons. The fraction of sp³-hybridized carbons (Fsp3) is 0.400. The number of hydrogen-bond acceptors (Lipinski definition) is 4. The highest BCUT2D eigenvalue weighted by atomic mass is 15.1. The smallest absolute Gasteiger partial charge is 0.144 e. The Balaban J connectivity index is 1.54. The Morgan fingerprint density at radius 3 is 2.58 bits per heavy atom. The summed E-state index contributed by atoms with van der Waals surface area (Å²) in [5, 5.41) is 12.3. The van der Waals surface area contributed by atoms with E-state index in [1.54, 1.807) is 18.3 Å². The first-order valence-electron chi connectivity index (χ1n) is 8.64. The van der Waals surface area contributed by atoms with Gasteiger partial charge in [0.25, 0.3) is 0 Å². The van der Waals surface area contributed by atoms with Crippen LogP contribution in [0.25, 0.3) is 0 Å². The first-order chi connectivity index (χ1) is 11.7. The lowest BCUT2D eigenvalue weighted by molar-refractivity contribution is 0.185. The van der Waals surface area contributed by atoms with Crippen molar-refractivity contribution in [3.63, 3.8) is 0 Å². The zero-order valence-electron chi connectivity index (χ0n) is 14.2. The maximum Gasteiger partial charge on any atom is 0.144 e. The molecule has 4 heteroatoms. The van der Waals surface area contributed by atoms with Crippen molar-refractivity contribution in [3.8, 4) is 6.07 Å². The number of nitriles is 1. The third-order valence-corrected chi connectivity index (χ3v) is 4.69. The number of likely N-dealkylation sites (tertiary alicyclic amines) is 1. The Labute approximate surface area is 144 Å². The lowest BCUT2D eigenvalue weighted by Crippen LogP contribution is -2.32. The highest BCUT2D eigenvalue weighted by Gasteiger charge is 2.15. The molecule has 0 saturated carbocycles. The van der Waals surface area contributed by atoms with Crippen LogP contribution in [0.1, 0.15) is 36.5 Å². The summed E-state index contributed by atoms with van der Waals surface area (Å²) in [5.41, 5.74) is 3.14. The van der Waals surface area contributed by atoms with Crippen molar-refractivity contribution in [2.24, 2.45) is 5.92 Å². The van der Waals surface area contributed by atoms with Gasteiger partial charge in [0.2, 0.25) is 0 Å². The molecule has 2 heterocycles. The van der Waals surface area contributed by atoms with Crippen LogP contribution < -0.4 is 5.32 Å². The molecule has 0 bridgehead atoms. The van der Waals surface area contributed by atoms with Crippen LogP contribution in [0.5, 0.6) is 0 Å². The fourth-order valence-corrected chi connectivity index (χ4v) is 3.06. The fourth-order valence-electron chi connectivity index (χ4n) is 3.06. The third-order valence-electron chi connectivity index (χ3n) is 4.69. The number of nitrogens with one attached hydrogen (secondary N) is 1. The summed E-state index contributed by atoms with van der Waals surface area (Å²) in [7, 11) is 0. The van der Waals surface area contributed by atoms with Crippen LogP contribution in [-0.2, 0) is 13.1 Å². The van der Waals surface area contributed by atoms with Gasteiger partial charge in [-0.05, 0) is 55.1 Å². The largest absolute Gasteiger partial charge is 0.365 e. The van der Waals surface area contributed by atoms with Gasteiger partial charge >= 0.3 is 0 Å². The van der Waals surface area contributed by atoms with Crippen molar-refractivity contribution < 1.29 is 0 Å². The van der Waals surface area contributed by atoms with Crippen LogP contribution >= 0.6 is 0 Å². The van der Waals surface area contributed by atoms with Gasteiger partial charge in [-0.3, -0.25) is 4.90 Å². The molecule has 1 aromatic carbocycles. The molecule has 0 unspecified atom stereocenters. The van der Waals surface area contributed by atoms with Gasteiger partial charge in [0, 0.05) is 19.3 Å². The number of hydrogen-bond donors (Lipinski definition) is 1. The van der Waals surface area contributed by atoms with E-state index in [0.29, 0.717) is 17.9 Å². The number of aromatic nitrogens is 1. The molecular weight excluding hydrogens is 296 g/mol. The van der Waals surface area contributed by atoms with Gasteiger partial charge in [-0.25, -0.2) is 4.98 Å². The molecule has 0 amide bonds. The monoisotopic (exact) mass is 320 g/mol. The van der Waals surface area contributed by atoms with Gasteiger partial charge in [0.15, 0.2) is 0 Å². The Hall–Kier alpha value is -2.38. The van der Waals surface area contributed by atoms with E-state index >= 15 is 0 Å². The number of piperidine rings is 1. The lowest BCUT2D eigenvalue weighted by Gasteiger charge is -2.30. The standard InChI is InChI=1S/C20H24N4/c1-16-8-11-24(12-9-16)15-18-6-4-17(5-7-18)14-23-20-19(13-21)3-2-10-22-20/h2-7,10,16H,8-9,11-12,14-15H2,1H3,(H,22,23). The number of pyridine rings is 1. The molecule has 124 valence electrons. The van der Waals surface area contributed by atoms with Gasteiger partial charge in [-0.1, -0.05) is 31.2 Å². The maximum absolute atomic E-state index is 9.09. The second kappa shape index (κ2) is 7.94. The molecule has 1 aliphatic rings. The van der Waals surface area contributed by atoms with Gasteiger partial charge < -0.3 is 5.32 Å². The minimum Gasteiger partial charge on any atom is -0.365 e. The van der Waals surface area contributed by atoms with Crippen LogP contribution in [-0.4, -0.2) is 23.0 Å². The topological polar surface area (TPSA) is 52.0 Å². The van der Waals surface area contributed by atoms with E-state index in [0.717, 1.165) is 12.5 Å². The lowest BCUT2D eigenvalue weighted by atomic mass is 9.99. The van der Waals surface area contributed by atoms with Crippen LogP contribution in [0.4, 0.5) is 5.82 Å². The summed E-state index contributed by atoms with van der Waals surface area (Å²) in [4.78, 5) is 6.77. The quantitative estimate of drug-likeness (QED) is 0.910. The zero-order valence-corrected chi connectivity index (χ0v) is 14.2. The number of nitrogens with zero attached hydrogens (tertiary/aromatic N) is 3. The van der Waals surface area contributed by atoms with Crippen molar-refractivity contribution in [2.45, 2.75) is 32.9 Å². The zero-order chi connectivity index (χ0) is 16.8. The van der Waals surface area contributed by atoms with E-state index in [1.165, 1.54) is 37.1 Å².